The third-order valence-electron chi connectivity index (χ3n) is 1.30. The maximum atomic E-state index is 3.87. The van der Waals surface area contributed by atoms with Crippen molar-refractivity contribution in [2.24, 2.45) is 0 Å². The van der Waals surface area contributed by atoms with E-state index >= 15 is 0 Å². The average molecular weight is 150 g/mol. The van der Waals surface area contributed by atoms with Gasteiger partial charge in [-0.15, -0.1) is 11.3 Å². The first-order chi connectivity index (χ1) is 4.75. The van der Waals surface area contributed by atoms with E-state index < -0.39 is 0 Å². The average Bonchev–Trinajstić information content (AvgIpc) is 2.33. The highest BCUT2D eigenvalue weighted by Crippen LogP contribution is 2.24. The third kappa shape index (κ3) is 1.19. The van der Waals surface area contributed by atoms with Crippen LogP contribution < -0.4 is 0 Å². The lowest BCUT2D eigenvalue weighted by molar-refractivity contribution is 1.71. The van der Waals surface area contributed by atoms with Gasteiger partial charge in [-0.25, -0.2) is 0 Å². The van der Waals surface area contributed by atoms with E-state index in [0.29, 0.717) is 0 Å². The Kier molecular flexibility index (Phi) is 2.07. The Morgan fingerprint density at radius 1 is 1.70 bits per heavy atom. The van der Waals surface area contributed by atoms with Gasteiger partial charge in [0.05, 0.1) is 0 Å². The normalized spacial score (nSPS) is 9.30. The second kappa shape index (κ2) is 2.84. The molecule has 0 aromatic carbocycles. The molecule has 0 atom stereocenters. The molecule has 0 radical (unpaired) electrons. The Bertz CT molecular complexity index is 255. The predicted molar refractivity (Wildman–Crippen MR) is 49.1 cm³/mol. The molecule has 52 valence electrons. The zero-order chi connectivity index (χ0) is 7.56. The van der Waals surface area contributed by atoms with E-state index in [0.717, 1.165) is 5.57 Å². The Morgan fingerprint density at radius 3 is 2.80 bits per heavy atom. The molecule has 0 N–H and O–H groups in total. The molecule has 0 spiro atoms. The Morgan fingerprint density at radius 2 is 2.40 bits per heavy atom. The van der Waals surface area contributed by atoms with Crippen molar-refractivity contribution in [1.29, 1.82) is 0 Å². The van der Waals surface area contributed by atoms with Crippen LogP contribution in [0.15, 0.2) is 24.6 Å². The molecule has 0 aliphatic heterocycles. The molecular weight excluding hydrogens is 140 g/mol. The van der Waals surface area contributed by atoms with Gasteiger partial charge in [0.25, 0.3) is 0 Å². The van der Waals surface area contributed by atoms with Crippen molar-refractivity contribution in [3.63, 3.8) is 0 Å². The molecule has 1 aromatic rings. The molecular formula is C9H10S. The first-order valence-electron chi connectivity index (χ1n) is 3.11. The van der Waals surface area contributed by atoms with Crippen LogP contribution in [-0.2, 0) is 0 Å². The van der Waals surface area contributed by atoms with E-state index in [-0.39, 0.29) is 0 Å². The summed E-state index contributed by atoms with van der Waals surface area (Å²) >= 11 is 1.71. The first-order valence-corrected chi connectivity index (χ1v) is 3.99. The van der Waals surface area contributed by atoms with Gasteiger partial charge in [-0.2, -0.15) is 0 Å². The number of rotatable bonds is 2. The minimum Gasteiger partial charge on any atom is -0.144 e. The second-order valence-electron chi connectivity index (χ2n) is 2.19. The molecule has 1 rings (SSSR count). The van der Waals surface area contributed by atoms with Crippen molar-refractivity contribution in [2.75, 3.05) is 0 Å². The van der Waals surface area contributed by atoms with Gasteiger partial charge < -0.3 is 0 Å². The van der Waals surface area contributed by atoms with Crippen LogP contribution in [0.25, 0.3) is 11.6 Å². The molecule has 1 heterocycles. The van der Waals surface area contributed by atoms with E-state index in [1.54, 1.807) is 11.3 Å². The molecule has 10 heavy (non-hydrogen) atoms. The Balaban J connectivity index is 3.13. The number of hydrogen-bond acceptors (Lipinski definition) is 1. The molecule has 0 saturated carbocycles. The van der Waals surface area contributed by atoms with Crippen molar-refractivity contribution in [1.82, 2.24) is 0 Å². The topological polar surface area (TPSA) is 0 Å². The Hall–Kier alpha value is -0.820. The van der Waals surface area contributed by atoms with Gasteiger partial charge in [0.1, 0.15) is 0 Å². The van der Waals surface area contributed by atoms with Crippen LogP contribution in [0.4, 0.5) is 0 Å². The molecule has 0 amide bonds. The number of hydrogen-bond donors (Lipinski definition) is 0. The summed E-state index contributed by atoms with van der Waals surface area (Å²) < 4.78 is 0. The fourth-order valence-corrected chi connectivity index (χ4v) is 1.67. The molecule has 0 fully saturated rings. The van der Waals surface area contributed by atoms with Crippen LogP contribution in [0, 0.1) is 0 Å². The lowest BCUT2D eigenvalue weighted by Crippen LogP contribution is -1.72. The van der Waals surface area contributed by atoms with Crippen molar-refractivity contribution in [3.05, 3.63) is 35.0 Å². The van der Waals surface area contributed by atoms with Crippen LogP contribution >= 0.6 is 11.3 Å². The monoisotopic (exact) mass is 150 g/mol. The minimum absolute atomic E-state index is 1.12. The molecule has 0 saturated heterocycles. The van der Waals surface area contributed by atoms with Crippen LogP contribution in [0.2, 0.25) is 0 Å². The van der Waals surface area contributed by atoms with Crippen molar-refractivity contribution < 1.29 is 0 Å². The summed E-state index contributed by atoms with van der Waals surface area (Å²) in [6.07, 6.45) is 1.86. The third-order valence-corrected chi connectivity index (χ3v) is 2.40. The summed E-state index contributed by atoms with van der Waals surface area (Å²) in [4.78, 5) is 1.25. The quantitative estimate of drug-likeness (QED) is 0.606. The minimum atomic E-state index is 1.12. The van der Waals surface area contributed by atoms with E-state index in [9.17, 15) is 0 Å². The van der Waals surface area contributed by atoms with Crippen molar-refractivity contribution in [3.8, 4) is 0 Å². The molecule has 0 unspecified atom stereocenters. The lowest BCUT2D eigenvalue weighted by atomic mass is 10.2. The zero-order valence-corrected chi connectivity index (χ0v) is 6.87. The maximum Gasteiger partial charge on any atom is 0.0365 e. The van der Waals surface area contributed by atoms with Gasteiger partial charge in [-0.05, 0) is 29.5 Å². The summed E-state index contributed by atoms with van der Waals surface area (Å²) in [5.41, 5.74) is 2.31. The molecule has 0 nitrogen and oxygen atoms in total. The Labute approximate surface area is 65.5 Å². The standard InChI is InChI=1S/C9H10S/c1-4-8-5-6-10-9(8)7(2)3/h4-6H,1-2H2,3H3. The summed E-state index contributed by atoms with van der Waals surface area (Å²) in [7, 11) is 0. The van der Waals surface area contributed by atoms with Crippen LogP contribution in [0.1, 0.15) is 17.4 Å². The van der Waals surface area contributed by atoms with Gasteiger partial charge in [0.15, 0.2) is 0 Å². The van der Waals surface area contributed by atoms with Gasteiger partial charge in [-0.1, -0.05) is 19.2 Å². The summed E-state index contributed by atoms with van der Waals surface area (Å²) in [5.74, 6) is 0. The maximum absolute atomic E-state index is 3.87. The van der Waals surface area contributed by atoms with Crippen LogP contribution in [0.3, 0.4) is 0 Å². The number of allylic oxidation sites excluding steroid dienone is 1. The van der Waals surface area contributed by atoms with E-state index in [1.165, 1.54) is 10.4 Å². The van der Waals surface area contributed by atoms with Gasteiger partial charge in [0.2, 0.25) is 0 Å². The highest BCUT2D eigenvalue weighted by molar-refractivity contribution is 7.11. The molecule has 1 heteroatoms. The van der Waals surface area contributed by atoms with Gasteiger partial charge in [0, 0.05) is 4.88 Å². The van der Waals surface area contributed by atoms with E-state index in [4.69, 9.17) is 0 Å². The SMILES string of the molecule is C=Cc1ccsc1C(=C)C. The predicted octanol–water partition coefficient (Wildman–Crippen LogP) is 3.42. The van der Waals surface area contributed by atoms with E-state index in [2.05, 4.69) is 24.6 Å². The molecule has 1 aromatic heterocycles. The summed E-state index contributed by atoms with van der Waals surface area (Å²) in [6.45, 7) is 9.59. The fraction of sp³-hybridized carbons (Fsp3) is 0.111. The highest BCUT2D eigenvalue weighted by atomic mass is 32.1. The molecule has 0 aliphatic rings. The lowest BCUT2D eigenvalue weighted by Gasteiger charge is -1.94. The summed E-state index contributed by atoms with van der Waals surface area (Å²) in [6, 6.07) is 2.06. The molecule has 0 aliphatic carbocycles. The van der Waals surface area contributed by atoms with Crippen LogP contribution in [-0.4, -0.2) is 0 Å². The smallest absolute Gasteiger partial charge is 0.0365 e. The largest absolute Gasteiger partial charge is 0.144 e. The van der Waals surface area contributed by atoms with Gasteiger partial charge in [-0.3, -0.25) is 0 Å². The van der Waals surface area contributed by atoms with E-state index in [1.807, 2.05) is 13.0 Å². The van der Waals surface area contributed by atoms with Crippen molar-refractivity contribution >= 4 is 23.0 Å². The van der Waals surface area contributed by atoms with Crippen molar-refractivity contribution in [2.45, 2.75) is 6.92 Å². The van der Waals surface area contributed by atoms with Crippen LogP contribution in [0.5, 0.6) is 0 Å². The zero-order valence-electron chi connectivity index (χ0n) is 6.05. The fourth-order valence-electron chi connectivity index (χ4n) is 0.827. The van der Waals surface area contributed by atoms with Gasteiger partial charge >= 0.3 is 0 Å². The highest BCUT2D eigenvalue weighted by Gasteiger charge is 1.99. The summed E-state index contributed by atoms with van der Waals surface area (Å²) in [5, 5.41) is 2.06. The number of thiophene rings is 1. The first kappa shape index (κ1) is 7.29. The molecule has 0 bridgehead atoms. The second-order valence-corrected chi connectivity index (χ2v) is 3.11.